The van der Waals surface area contributed by atoms with Crippen LogP contribution in [0.4, 0.5) is 13.2 Å². The number of halogens is 3. The molecule has 0 bridgehead atoms. The molecule has 0 aliphatic rings. The Morgan fingerprint density at radius 3 is 2.69 bits per heavy atom. The van der Waals surface area contributed by atoms with Crippen LogP contribution in [0.3, 0.4) is 0 Å². The molecule has 0 amide bonds. The molecule has 1 aromatic heterocycles. The average Bonchev–Trinajstić information content (AvgIpc) is 2.57. The average molecular weight is 238 g/mol. The Hall–Kier alpha value is -1.57. The number of carboxylic acids is 1. The quantitative estimate of drug-likeness (QED) is 0.857. The lowest BCUT2D eigenvalue weighted by molar-refractivity contribution is -0.141. The van der Waals surface area contributed by atoms with Crippen LogP contribution in [-0.2, 0) is 17.5 Å². The van der Waals surface area contributed by atoms with Crippen LogP contribution in [0.5, 0.6) is 0 Å². The molecule has 5 nitrogen and oxygen atoms in total. The second-order valence-corrected chi connectivity index (χ2v) is 2.93. The van der Waals surface area contributed by atoms with E-state index in [2.05, 4.69) is 9.84 Å². The zero-order valence-corrected chi connectivity index (χ0v) is 8.28. The first-order chi connectivity index (χ1) is 7.36. The molecule has 0 aromatic carbocycles. The number of carboxylic acid groups (broad SMARTS) is 1. The first-order valence-corrected chi connectivity index (χ1v) is 4.23. The fourth-order valence-electron chi connectivity index (χ4n) is 1.08. The maximum atomic E-state index is 12.3. The SMILES string of the molecule is COCCn1nc(C(F)(F)F)cc1C(=O)O. The van der Waals surface area contributed by atoms with Crippen LogP contribution in [0.1, 0.15) is 16.2 Å². The molecule has 90 valence electrons. The molecule has 8 heteroatoms. The van der Waals surface area contributed by atoms with E-state index in [0.29, 0.717) is 6.07 Å². The van der Waals surface area contributed by atoms with Crippen molar-refractivity contribution >= 4 is 5.97 Å². The number of hydrogen-bond donors (Lipinski definition) is 1. The van der Waals surface area contributed by atoms with Crippen molar-refractivity contribution in [2.24, 2.45) is 0 Å². The Morgan fingerprint density at radius 1 is 1.62 bits per heavy atom. The molecular formula is C8H9F3N2O3. The predicted octanol–water partition coefficient (Wildman–Crippen LogP) is 1.25. The third kappa shape index (κ3) is 2.72. The van der Waals surface area contributed by atoms with Gasteiger partial charge in [-0.2, -0.15) is 18.3 Å². The molecule has 0 fully saturated rings. The largest absolute Gasteiger partial charge is 0.477 e. The van der Waals surface area contributed by atoms with Crippen LogP contribution < -0.4 is 0 Å². The van der Waals surface area contributed by atoms with E-state index in [1.807, 2.05) is 0 Å². The summed E-state index contributed by atoms with van der Waals surface area (Å²) in [6.45, 7) is 0.0352. The topological polar surface area (TPSA) is 64.4 Å². The highest BCUT2D eigenvalue weighted by atomic mass is 19.4. The minimum Gasteiger partial charge on any atom is -0.477 e. The normalized spacial score (nSPS) is 11.8. The van der Waals surface area contributed by atoms with Crippen molar-refractivity contribution in [1.82, 2.24) is 9.78 Å². The van der Waals surface area contributed by atoms with Gasteiger partial charge in [-0.05, 0) is 0 Å². The second-order valence-electron chi connectivity index (χ2n) is 2.93. The molecule has 0 saturated carbocycles. The summed E-state index contributed by atoms with van der Waals surface area (Å²) in [7, 11) is 1.36. The number of hydrogen-bond acceptors (Lipinski definition) is 3. The summed E-state index contributed by atoms with van der Waals surface area (Å²) in [5, 5.41) is 11.8. The molecule has 0 unspecified atom stereocenters. The third-order valence-corrected chi connectivity index (χ3v) is 1.80. The Bertz CT molecular complexity index is 386. The van der Waals surface area contributed by atoms with Crippen molar-refractivity contribution in [2.45, 2.75) is 12.7 Å². The van der Waals surface area contributed by atoms with Gasteiger partial charge in [0.15, 0.2) is 5.69 Å². The van der Waals surface area contributed by atoms with E-state index in [-0.39, 0.29) is 13.2 Å². The van der Waals surface area contributed by atoms with Crippen molar-refractivity contribution in [3.63, 3.8) is 0 Å². The number of ether oxygens (including phenoxy) is 1. The molecule has 1 heterocycles. The highest BCUT2D eigenvalue weighted by molar-refractivity contribution is 5.85. The molecule has 0 atom stereocenters. The van der Waals surface area contributed by atoms with Crippen molar-refractivity contribution in [1.29, 1.82) is 0 Å². The highest BCUT2D eigenvalue weighted by Gasteiger charge is 2.35. The van der Waals surface area contributed by atoms with Gasteiger partial charge in [0.1, 0.15) is 5.69 Å². The minimum atomic E-state index is -4.65. The zero-order chi connectivity index (χ0) is 12.3. The maximum Gasteiger partial charge on any atom is 0.435 e. The van der Waals surface area contributed by atoms with E-state index >= 15 is 0 Å². The van der Waals surface area contributed by atoms with Crippen LogP contribution in [-0.4, -0.2) is 34.6 Å². The van der Waals surface area contributed by atoms with Gasteiger partial charge in [0.2, 0.25) is 0 Å². The first-order valence-electron chi connectivity index (χ1n) is 4.23. The van der Waals surface area contributed by atoms with Crippen molar-refractivity contribution in [3.05, 3.63) is 17.5 Å². The zero-order valence-electron chi connectivity index (χ0n) is 8.28. The summed E-state index contributed by atoms with van der Waals surface area (Å²) in [4.78, 5) is 10.7. The van der Waals surface area contributed by atoms with Gasteiger partial charge in [-0.1, -0.05) is 0 Å². The molecule has 1 N–H and O–H groups in total. The summed E-state index contributed by atoms with van der Waals surface area (Å²) < 4.78 is 42.2. The van der Waals surface area contributed by atoms with E-state index in [0.717, 1.165) is 4.68 Å². The maximum absolute atomic E-state index is 12.3. The summed E-state index contributed by atoms with van der Waals surface area (Å²) in [5.74, 6) is -1.46. The fraction of sp³-hybridized carbons (Fsp3) is 0.500. The molecule has 1 rings (SSSR count). The minimum absolute atomic E-state index is 0.0474. The Kier molecular flexibility index (Phi) is 3.53. The van der Waals surface area contributed by atoms with Gasteiger partial charge in [-0.3, -0.25) is 4.68 Å². The predicted molar refractivity (Wildman–Crippen MR) is 46.1 cm³/mol. The Morgan fingerprint density at radius 2 is 2.25 bits per heavy atom. The smallest absolute Gasteiger partial charge is 0.435 e. The van der Waals surface area contributed by atoms with Gasteiger partial charge in [-0.15, -0.1) is 0 Å². The second kappa shape index (κ2) is 4.52. The van der Waals surface area contributed by atoms with Gasteiger partial charge in [-0.25, -0.2) is 4.79 Å². The molecule has 0 aliphatic carbocycles. The van der Waals surface area contributed by atoms with Crippen LogP contribution >= 0.6 is 0 Å². The highest BCUT2D eigenvalue weighted by Crippen LogP contribution is 2.28. The standard InChI is InChI=1S/C8H9F3N2O3/c1-16-3-2-13-5(7(14)15)4-6(12-13)8(9,10)11/h4H,2-3H2,1H3,(H,14,15). The van der Waals surface area contributed by atoms with Gasteiger partial charge >= 0.3 is 12.1 Å². The molecule has 0 radical (unpaired) electrons. The van der Waals surface area contributed by atoms with Gasteiger partial charge in [0.25, 0.3) is 0 Å². The van der Waals surface area contributed by atoms with Crippen LogP contribution in [0, 0.1) is 0 Å². The lowest BCUT2D eigenvalue weighted by Gasteiger charge is -2.03. The van der Waals surface area contributed by atoms with Crippen LogP contribution in [0.15, 0.2) is 6.07 Å². The number of aromatic carboxylic acids is 1. The monoisotopic (exact) mass is 238 g/mol. The third-order valence-electron chi connectivity index (χ3n) is 1.80. The van der Waals surface area contributed by atoms with E-state index in [1.54, 1.807) is 0 Å². The molecular weight excluding hydrogens is 229 g/mol. The Balaban J connectivity index is 3.05. The van der Waals surface area contributed by atoms with E-state index in [1.165, 1.54) is 7.11 Å². The van der Waals surface area contributed by atoms with E-state index in [4.69, 9.17) is 5.11 Å². The molecule has 0 saturated heterocycles. The number of methoxy groups -OCH3 is 1. The first kappa shape index (κ1) is 12.5. The van der Waals surface area contributed by atoms with Crippen LogP contribution in [0.2, 0.25) is 0 Å². The van der Waals surface area contributed by atoms with Gasteiger partial charge in [0.05, 0.1) is 13.2 Å². The van der Waals surface area contributed by atoms with Crippen molar-refractivity contribution in [3.8, 4) is 0 Å². The van der Waals surface area contributed by atoms with Gasteiger partial charge < -0.3 is 9.84 Å². The lowest BCUT2D eigenvalue weighted by atomic mass is 10.3. The number of nitrogens with zero attached hydrogens (tertiary/aromatic N) is 2. The van der Waals surface area contributed by atoms with Crippen molar-refractivity contribution < 1.29 is 27.8 Å². The molecule has 0 aliphatic heterocycles. The number of rotatable bonds is 4. The summed E-state index contributed by atoms with van der Waals surface area (Å²) >= 11 is 0. The van der Waals surface area contributed by atoms with Crippen molar-refractivity contribution in [2.75, 3.05) is 13.7 Å². The lowest BCUT2D eigenvalue weighted by Crippen LogP contribution is -2.14. The number of alkyl halides is 3. The fourth-order valence-corrected chi connectivity index (χ4v) is 1.08. The number of aromatic nitrogens is 2. The molecule has 0 spiro atoms. The van der Waals surface area contributed by atoms with E-state index in [9.17, 15) is 18.0 Å². The molecule has 16 heavy (non-hydrogen) atoms. The summed E-state index contributed by atoms with van der Waals surface area (Å²) in [6.07, 6.45) is -4.65. The summed E-state index contributed by atoms with van der Waals surface area (Å²) in [5.41, 5.74) is -1.73. The summed E-state index contributed by atoms with van der Waals surface area (Å²) in [6, 6.07) is 0.498. The molecule has 1 aromatic rings. The van der Waals surface area contributed by atoms with Gasteiger partial charge in [0, 0.05) is 13.2 Å². The van der Waals surface area contributed by atoms with E-state index < -0.39 is 23.5 Å². The Labute approximate surface area is 88.4 Å². The number of carbonyl (C=O) groups is 1. The van der Waals surface area contributed by atoms with Crippen LogP contribution in [0.25, 0.3) is 0 Å².